The minimum Gasteiger partial charge on any atom is -0.399 e. The maximum absolute atomic E-state index is 12.2. The molecule has 6 heteroatoms. The lowest BCUT2D eigenvalue weighted by molar-refractivity contribution is -0.146. The molecule has 0 spiro atoms. The zero-order valence-electron chi connectivity index (χ0n) is 9.95. The van der Waals surface area contributed by atoms with E-state index < -0.39 is 12.7 Å². The molecule has 0 atom stereocenters. The van der Waals surface area contributed by atoms with Crippen LogP contribution in [0.1, 0.15) is 0 Å². The molecule has 1 heterocycles. The highest BCUT2D eigenvalue weighted by atomic mass is 19.4. The summed E-state index contributed by atoms with van der Waals surface area (Å²) in [5.41, 5.74) is 7.34. The number of halogens is 3. The van der Waals surface area contributed by atoms with Crippen molar-refractivity contribution < 1.29 is 13.2 Å². The van der Waals surface area contributed by atoms with Crippen LogP contribution >= 0.6 is 0 Å². The van der Waals surface area contributed by atoms with E-state index in [0.29, 0.717) is 31.9 Å². The van der Waals surface area contributed by atoms with Gasteiger partial charge in [0.2, 0.25) is 0 Å². The summed E-state index contributed by atoms with van der Waals surface area (Å²) in [7, 11) is 0. The Kier molecular flexibility index (Phi) is 3.65. The van der Waals surface area contributed by atoms with Crippen molar-refractivity contribution in [2.75, 3.05) is 43.4 Å². The molecule has 1 aliphatic rings. The van der Waals surface area contributed by atoms with E-state index >= 15 is 0 Å². The largest absolute Gasteiger partial charge is 0.401 e. The van der Waals surface area contributed by atoms with Crippen LogP contribution in [-0.2, 0) is 0 Å². The number of nitrogens with two attached hydrogens (primary N) is 1. The lowest BCUT2D eigenvalue weighted by Crippen LogP contribution is -2.49. The first-order valence-electron chi connectivity index (χ1n) is 5.84. The van der Waals surface area contributed by atoms with Crippen molar-refractivity contribution in [2.24, 2.45) is 0 Å². The number of hydrogen-bond donors (Lipinski definition) is 1. The van der Waals surface area contributed by atoms with E-state index in [-0.39, 0.29) is 0 Å². The van der Waals surface area contributed by atoms with Crippen molar-refractivity contribution in [1.82, 2.24) is 4.90 Å². The minimum absolute atomic E-state index is 0.425. The quantitative estimate of drug-likeness (QED) is 0.824. The highest BCUT2D eigenvalue weighted by Gasteiger charge is 2.32. The predicted molar refractivity (Wildman–Crippen MR) is 65.6 cm³/mol. The first-order chi connectivity index (χ1) is 8.44. The van der Waals surface area contributed by atoms with Crippen LogP contribution in [0.25, 0.3) is 0 Å². The second-order valence-electron chi connectivity index (χ2n) is 4.47. The van der Waals surface area contributed by atoms with Gasteiger partial charge in [0, 0.05) is 37.6 Å². The zero-order valence-corrected chi connectivity index (χ0v) is 9.95. The lowest BCUT2D eigenvalue weighted by atomic mass is 10.2. The topological polar surface area (TPSA) is 32.5 Å². The Morgan fingerprint density at radius 1 is 1.11 bits per heavy atom. The van der Waals surface area contributed by atoms with Gasteiger partial charge in [0.05, 0.1) is 6.54 Å². The van der Waals surface area contributed by atoms with E-state index in [1.807, 2.05) is 18.2 Å². The zero-order chi connectivity index (χ0) is 13.2. The van der Waals surface area contributed by atoms with E-state index in [1.54, 1.807) is 6.07 Å². The van der Waals surface area contributed by atoms with Gasteiger partial charge in [-0.3, -0.25) is 4.90 Å². The van der Waals surface area contributed by atoms with Crippen LogP contribution in [0.15, 0.2) is 24.3 Å². The number of alkyl halides is 3. The summed E-state index contributed by atoms with van der Waals surface area (Å²) in [5.74, 6) is 0. The van der Waals surface area contributed by atoms with Crippen molar-refractivity contribution >= 4 is 11.4 Å². The highest BCUT2D eigenvalue weighted by molar-refractivity contribution is 5.56. The van der Waals surface area contributed by atoms with Gasteiger partial charge in [0.15, 0.2) is 0 Å². The van der Waals surface area contributed by atoms with Crippen molar-refractivity contribution in [3.63, 3.8) is 0 Å². The highest BCUT2D eigenvalue weighted by Crippen LogP contribution is 2.21. The lowest BCUT2D eigenvalue weighted by Gasteiger charge is -2.36. The monoisotopic (exact) mass is 259 g/mol. The summed E-state index contributed by atoms with van der Waals surface area (Å²) in [6.45, 7) is 1.22. The molecule has 1 aromatic carbocycles. The van der Waals surface area contributed by atoms with Crippen molar-refractivity contribution in [1.29, 1.82) is 0 Å². The summed E-state index contributed by atoms with van der Waals surface area (Å²) < 4.78 is 36.7. The molecule has 1 saturated heterocycles. The van der Waals surface area contributed by atoms with Crippen LogP contribution in [0, 0.1) is 0 Å². The fraction of sp³-hybridized carbons (Fsp3) is 0.500. The molecule has 1 fully saturated rings. The molecule has 0 unspecified atom stereocenters. The van der Waals surface area contributed by atoms with Crippen LogP contribution in [0.5, 0.6) is 0 Å². The molecule has 0 aromatic heterocycles. The van der Waals surface area contributed by atoms with Gasteiger partial charge in [0.25, 0.3) is 0 Å². The Hall–Kier alpha value is -1.43. The number of piperazine rings is 1. The van der Waals surface area contributed by atoms with Crippen molar-refractivity contribution in [3.05, 3.63) is 24.3 Å². The standard InChI is InChI=1S/C12H16F3N3/c13-12(14,15)9-17-4-6-18(7-5-17)11-3-1-2-10(16)8-11/h1-3,8H,4-7,9,16H2. The molecule has 1 aromatic rings. The molecular formula is C12H16F3N3. The van der Waals surface area contributed by atoms with Crippen molar-refractivity contribution in [3.8, 4) is 0 Å². The summed E-state index contributed by atoms with van der Waals surface area (Å²) in [4.78, 5) is 3.49. The summed E-state index contributed by atoms with van der Waals surface area (Å²) in [5, 5.41) is 0. The molecule has 3 nitrogen and oxygen atoms in total. The maximum atomic E-state index is 12.2. The normalized spacial score (nSPS) is 18.1. The third-order valence-corrected chi connectivity index (χ3v) is 3.01. The molecule has 1 aliphatic heterocycles. The molecule has 2 rings (SSSR count). The summed E-state index contributed by atoms with van der Waals surface area (Å²) >= 11 is 0. The number of nitrogen functional groups attached to an aromatic ring is 1. The third kappa shape index (κ3) is 3.53. The van der Waals surface area contributed by atoms with Gasteiger partial charge < -0.3 is 10.6 Å². The Balaban J connectivity index is 1.91. The Bertz CT molecular complexity index is 398. The van der Waals surface area contributed by atoms with Crippen molar-refractivity contribution in [2.45, 2.75) is 6.18 Å². The second kappa shape index (κ2) is 5.06. The minimum atomic E-state index is -4.11. The third-order valence-electron chi connectivity index (χ3n) is 3.01. The van der Waals surface area contributed by atoms with Gasteiger partial charge in [-0.15, -0.1) is 0 Å². The average Bonchev–Trinajstić information content (AvgIpc) is 2.28. The van der Waals surface area contributed by atoms with Gasteiger partial charge >= 0.3 is 6.18 Å². The number of benzene rings is 1. The first-order valence-corrected chi connectivity index (χ1v) is 5.84. The molecule has 0 saturated carbocycles. The van der Waals surface area contributed by atoms with Crippen LogP contribution in [0.2, 0.25) is 0 Å². The van der Waals surface area contributed by atoms with Crippen LogP contribution in [0.4, 0.5) is 24.5 Å². The van der Waals surface area contributed by atoms with E-state index in [4.69, 9.17) is 5.73 Å². The second-order valence-corrected chi connectivity index (χ2v) is 4.47. The molecule has 2 N–H and O–H groups in total. The Labute approximate surface area is 104 Å². The molecular weight excluding hydrogens is 243 g/mol. The number of rotatable bonds is 2. The van der Waals surface area contributed by atoms with Gasteiger partial charge in [-0.2, -0.15) is 13.2 Å². The SMILES string of the molecule is Nc1cccc(N2CCN(CC(F)(F)F)CC2)c1. The van der Waals surface area contributed by atoms with E-state index in [9.17, 15) is 13.2 Å². The molecule has 18 heavy (non-hydrogen) atoms. The van der Waals surface area contributed by atoms with Gasteiger partial charge in [0.1, 0.15) is 0 Å². The molecule has 0 bridgehead atoms. The maximum Gasteiger partial charge on any atom is 0.401 e. The molecule has 0 radical (unpaired) electrons. The van der Waals surface area contributed by atoms with E-state index in [0.717, 1.165) is 5.69 Å². The smallest absolute Gasteiger partial charge is 0.399 e. The van der Waals surface area contributed by atoms with E-state index in [2.05, 4.69) is 4.90 Å². The Morgan fingerprint density at radius 3 is 2.33 bits per heavy atom. The molecule has 100 valence electrons. The summed E-state index contributed by atoms with van der Waals surface area (Å²) in [6.07, 6.45) is -4.11. The van der Waals surface area contributed by atoms with Gasteiger partial charge in [-0.1, -0.05) is 6.07 Å². The van der Waals surface area contributed by atoms with E-state index in [1.165, 1.54) is 4.90 Å². The van der Waals surface area contributed by atoms with Crippen LogP contribution < -0.4 is 10.6 Å². The van der Waals surface area contributed by atoms with Gasteiger partial charge in [-0.05, 0) is 18.2 Å². The fourth-order valence-electron chi connectivity index (χ4n) is 2.14. The predicted octanol–water partition coefficient (Wildman–Crippen LogP) is 1.95. The molecule has 0 aliphatic carbocycles. The number of anilines is 2. The van der Waals surface area contributed by atoms with Gasteiger partial charge in [-0.25, -0.2) is 0 Å². The summed E-state index contributed by atoms with van der Waals surface area (Å²) in [6, 6.07) is 7.42. The van der Waals surface area contributed by atoms with Crippen LogP contribution in [0.3, 0.4) is 0 Å². The average molecular weight is 259 g/mol. The number of hydrogen-bond acceptors (Lipinski definition) is 3. The molecule has 0 amide bonds. The Morgan fingerprint density at radius 2 is 1.78 bits per heavy atom. The first kappa shape index (κ1) is 13.0. The number of nitrogens with zero attached hydrogens (tertiary/aromatic N) is 2. The fourth-order valence-corrected chi connectivity index (χ4v) is 2.14. The van der Waals surface area contributed by atoms with Crippen LogP contribution in [-0.4, -0.2) is 43.8 Å².